The van der Waals surface area contributed by atoms with Gasteiger partial charge < -0.3 is 9.31 Å². The summed E-state index contributed by atoms with van der Waals surface area (Å²) in [5.41, 5.74) is -0.730. The molecule has 0 N–H and O–H groups in total. The fourth-order valence-corrected chi connectivity index (χ4v) is 3.08. The molecule has 0 unspecified atom stereocenters. The topological polar surface area (TPSA) is 88.2 Å². The van der Waals surface area contributed by atoms with Gasteiger partial charge in [-0.05, 0) is 33.2 Å². The lowest BCUT2D eigenvalue weighted by Crippen LogP contribution is -2.41. The van der Waals surface area contributed by atoms with Gasteiger partial charge in [-0.25, -0.2) is 4.68 Å². The first-order valence-corrected chi connectivity index (χ1v) is 9.44. The van der Waals surface area contributed by atoms with E-state index in [1.54, 1.807) is 24.3 Å². The molecule has 30 heavy (non-hydrogen) atoms. The molecule has 1 fully saturated rings. The van der Waals surface area contributed by atoms with E-state index in [9.17, 15) is 9.59 Å². The van der Waals surface area contributed by atoms with E-state index in [0.717, 1.165) is 4.68 Å². The molecule has 3 heterocycles. The van der Waals surface area contributed by atoms with E-state index in [4.69, 9.17) is 13.4 Å². The van der Waals surface area contributed by atoms with Crippen molar-refractivity contribution in [1.29, 1.82) is 0 Å². The minimum atomic E-state index is -2.45. The second-order valence-corrected chi connectivity index (χ2v) is 8.16. The standard InChI is InChI=1S/C21H23BN4O4/c1-20(2)21(3,4)30-22(29-20)15-8-6-7-14(11-15)19(28)18-17(27)9-10-26(24-18)16-12-23-25(5)13-16/h6-13H,1-5H3/i5D3. The van der Waals surface area contributed by atoms with Crippen LogP contribution >= 0.6 is 0 Å². The van der Waals surface area contributed by atoms with Crippen LogP contribution in [0.15, 0.2) is 53.7 Å². The number of benzene rings is 1. The zero-order valence-electron chi connectivity index (χ0n) is 20.1. The Balaban J connectivity index is 1.65. The van der Waals surface area contributed by atoms with Crippen LogP contribution in [-0.4, -0.2) is 43.7 Å². The van der Waals surface area contributed by atoms with Crippen molar-refractivity contribution in [1.82, 2.24) is 19.6 Å². The van der Waals surface area contributed by atoms with Gasteiger partial charge in [-0.1, -0.05) is 24.3 Å². The van der Waals surface area contributed by atoms with Crippen molar-refractivity contribution < 1.29 is 18.2 Å². The summed E-state index contributed by atoms with van der Waals surface area (Å²) in [6.07, 6.45) is 3.90. The van der Waals surface area contributed by atoms with Crippen LogP contribution in [0.5, 0.6) is 0 Å². The number of rotatable bonds is 4. The molecule has 2 aromatic heterocycles. The summed E-state index contributed by atoms with van der Waals surface area (Å²) >= 11 is 0. The molecule has 4 rings (SSSR count). The van der Waals surface area contributed by atoms with Crippen molar-refractivity contribution in [2.45, 2.75) is 38.9 Å². The number of carbonyl (C=O) groups is 1. The minimum Gasteiger partial charge on any atom is -0.399 e. The second kappa shape index (κ2) is 7.03. The highest BCUT2D eigenvalue weighted by molar-refractivity contribution is 6.62. The number of hydrogen-bond acceptors (Lipinski definition) is 6. The van der Waals surface area contributed by atoms with E-state index in [2.05, 4.69) is 10.2 Å². The zero-order chi connectivity index (χ0) is 24.2. The maximum atomic E-state index is 13.2. The highest BCUT2D eigenvalue weighted by Crippen LogP contribution is 2.36. The second-order valence-electron chi connectivity index (χ2n) is 8.16. The van der Waals surface area contributed by atoms with Gasteiger partial charge in [-0.3, -0.25) is 14.3 Å². The Morgan fingerprint density at radius 1 is 1.17 bits per heavy atom. The molecule has 1 aliphatic heterocycles. The third-order valence-corrected chi connectivity index (χ3v) is 5.53. The van der Waals surface area contributed by atoms with Crippen molar-refractivity contribution in [3.8, 4) is 5.69 Å². The normalized spacial score (nSPS) is 19.2. The summed E-state index contributed by atoms with van der Waals surface area (Å²) < 4.78 is 36.4. The van der Waals surface area contributed by atoms with Gasteiger partial charge in [0.1, 0.15) is 5.69 Å². The molecule has 0 radical (unpaired) electrons. The van der Waals surface area contributed by atoms with Gasteiger partial charge in [0.25, 0.3) is 0 Å². The Morgan fingerprint density at radius 2 is 1.90 bits per heavy atom. The highest BCUT2D eigenvalue weighted by atomic mass is 16.7. The molecule has 0 amide bonds. The Labute approximate surface area is 178 Å². The molecule has 0 saturated carbocycles. The maximum Gasteiger partial charge on any atom is 0.494 e. The minimum absolute atomic E-state index is 0.253. The lowest BCUT2D eigenvalue weighted by Gasteiger charge is -2.32. The Hall–Kier alpha value is -3.04. The van der Waals surface area contributed by atoms with E-state index in [1.165, 1.54) is 29.3 Å². The zero-order valence-corrected chi connectivity index (χ0v) is 17.1. The van der Waals surface area contributed by atoms with Crippen LogP contribution in [0.2, 0.25) is 0 Å². The fourth-order valence-electron chi connectivity index (χ4n) is 3.08. The van der Waals surface area contributed by atoms with Crippen molar-refractivity contribution in [3.05, 3.63) is 70.4 Å². The van der Waals surface area contributed by atoms with E-state index >= 15 is 0 Å². The number of carbonyl (C=O) groups excluding carboxylic acids is 1. The molecule has 0 bridgehead atoms. The number of nitrogens with zero attached hydrogens (tertiary/aromatic N) is 4. The lowest BCUT2D eigenvalue weighted by atomic mass is 9.78. The maximum absolute atomic E-state index is 13.2. The third kappa shape index (κ3) is 3.50. The van der Waals surface area contributed by atoms with Gasteiger partial charge in [0.05, 0.1) is 23.6 Å². The molecular weight excluding hydrogens is 383 g/mol. The van der Waals surface area contributed by atoms with Gasteiger partial charge in [-0.15, -0.1) is 0 Å². The Bertz CT molecular complexity index is 1270. The first-order chi connectivity index (χ1) is 15.3. The van der Waals surface area contributed by atoms with Crippen LogP contribution in [0.3, 0.4) is 0 Å². The first-order valence-electron chi connectivity index (χ1n) is 10.9. The molecule has 1 aromatic carbocycles. The van der Waals surface area contributed by atoms with Crippen molar-refractivity contribution >= 4 is 18.4 Å². The first kappa shape index (κ1) is 16.7. The number of ketones is 1. The molecule has 8 nitrogen and oxygen atoms in total. The van der Waals surface area contributed by atoms with Gasteiger partial charge in [0, 0.05) is 28.9 Å². The average Bonchev–Trinajstić information content (AvgIpc) is 3.31. The van der Waals surface area contributed by atoms with Crippen LogP contribution < -0.4 is 10.9 Å². The van der Waals surface area contributed by atoms with Crippen LogP contribution in [0.25, 0.3) is 5.69 Å². The molecule has 154 valence electrons. The monoisotopic (exact) mass is 409 g/mol. The van der Waals surface area contributed by atoms with Gasteiger partial charge in [0.15, 0.2) is 5.69 Å². The van der Waals surface area contributed by atoms with Crippen LogP contribution in [0.1, 0.15) is 47.9 Å². The van der Waals surface area contributed by atoms with Crippen molar-refractivity contribution in [3.63, 3.8) is 0 Å². The van der Waals surface area contributed by atoms with Crippen LogP contribution in [0.4, 0.5) is 0 Å². The third-order valence-electron chi connectivity index (χ3n) is 5.53. The van der Waals surface area contributed by atoms with Gasteiger partial charge in [-0.2, -0.15) is 10.2 Å². The molecule has 0 aliphatic carbocycles. The van der Waals surface area contributed by atoms with Crippen molar-refractivity contribution in [2.75, 3.05) is 0 Å². The van der Waals surface area contributed by atoms with E-state index in [0.29, 0.717) is 11.2 Å². The van der Waals surface area contributed by atoms with E-state index in [1.807, 2.05) is 27.7 Å². The van der Waals surface area contributed by atoms with E-state index in [-0.39, 0.29) is 11.3 Å². The molecular formula is C21H23BN4O4. The Kier molecular flexibility index (Phi) is 3.92. The lowest BCUT2D eigenvalue weighted by molar-refractivity contribution is 0.00578. The Morgan fingerprint density at radius 3 is 2.57 bits per heavy atom. The predicted octanol–water partition coefficient (Wildman–Crippen LogP) is 1.50. The largest absolute Gasteiger partial charge is 0.494 e. The smallest absolute Gasteiger partial charge is 0.399 e. The van der Waals surface area contributed by atoms with Crippen LogP contribution in [0, 0.1) is 0 Å². The molecule has 9 heteroatoms. The molecule has 1 saturated heterocycles. The quantitative estimate of drug-likeness (QED) is 0.479. The summed E-state index contributed by atoms with van der Waals surface area (Å²) in [6.45, 7) is 5.29. The molecule has 3 aromatic rings. The summed E-state index contributed by atoms with van der Waals surface area (Å²) in [6, 6.07) is 7.89. The average molecular weight is 409 g/mol. The van der Waals surface area contributed by atoms with Crippen LogP contribution in [-0.2, 0) is 16.3 Å². The number of aromatic nitrogens is 4. The van der Waals surface area contributed by atoms with Gasteiger partial charge in [0.2, 0.25) is 11.2 Å². The fraction of sp³-hybridized carbons (Fsp3) is 0.333. The number of hydrogen-bond donors (Lipinski definition) is 0. The van der Waals surface area contributed by atoms with E-state index < -0.39 is 36.5 Å². The summed E-state index contributed by atoms with van der Waals surface area (Å²) in [7, 11) is -0.658. The number of aryl methyl sites for hydroxylation is 1. The summed E-state index contributed by atoms with van der Waals surface area (Å²) in [5, 5.41) is 7.94. The van der Waals surface area contributed by atoms with Gasteiger partial charge >= 0.3 is 7.12 Å². The predicted molar refractivity (Wildman–Crippen MR) is 112 cm³/mol. The SMILES string of the molecule is [2H]C([2H])([2H])n1cc(-n2ccc(=O)c(C(=O)c3cccc(B4OC(C)(C)C(C)(C)O4)c3)n2)cn1. The molecule has 0 atom stereocenters. The van der Waals surface area contributed by atoms with Crippen molar-refractivity contribution in [2.24, 2.45) is 6.98 Å². The molecule has 1 aliphatic rings. The molecule has 0 spiro atoms. The highest BCUT2D eigenvalue weighted by Gasteiger charge is 2.51. The summed E-state index contributed by atoms with van der Waals surface area (Å²) in [4.78, 5) is 25.6. The summed E-state index contributed by atoms with van der Waals surface area (Å²) in [5.74, 6) is -0.573.